The van der Waals surface area contributed by atoms with Crippen molar-refractivity contribution in [1.82, 2.24) is 4.31 Å². The molecule has 104 valence electrons. The lowest BCUT2D eigenvalue weighted by molar-refractivity contribution is -0.122. The van der Waals surface area contributed by atoms with Gasteiger partial charge in [-0.3, -0.25) is 4.79 Å². The highest BCUT2D eigenvalue weighted by atomic mass is 32.2. The van der Waals surface area contributed by atoms with Crippen molar-refractivity contribution in [3.63, 3.8) is 0 Å². The second-order valence-corrected chi connectivity index (χ2v) is 6.75. The third kappa shape index (κ3) is 2.79. The number of carbonyl (C=O) groups excluding carboxylic acids is 1. The summed E-state index contributed by atoms with van der Waals surface area (Å²) in [6, 6.07) is 6.93. The van der Waals surface area contributed by atoms with E-state index in [4.69, 9.17) is 5.73 Å². The van der Waals surface area contributed by atoms with E-state index >= 15 is 0 Å². The van der Waals surface area contributed by atoms with Crippen molar-refractivity contribution in [2.45, 2.75) is 24.7 Å². The molecule has 6 heteroatoms. The highest BCUT2D eigenvalue weighted by Gasteiger charge is 2.31. The second-order valence-electron chi connectivity index (χ2n) is 4.85. The Morgan fingerprint density at radius 3 is 2.37 bits per heavy atom. The van der Waals surface area contributed by atoms with Gasteiger partial charge in [0.2, 0.25) is 15.9 Å². The molecule has 0 spiro atoms. The fraction of sp³-hybridized carbons (Fsp3) is 0.462. The van der Waals surface area contributed by atoms with Gasteiger partial charge in [0.1, 0.15) is 0 Å². The molecule has 0 aliphatic carbocycles. The molecule has 1 fully saturated rings. The maximum absolute atomic E-state index is 12.5. The Balaban J connectivity index is 2.19. The number of nitrogens with two attached hydrogens (primary N) is 1. The van der Waals surface area contributed by atoms with Crippen LogP contribution in [0.25, 0.3) is 0 Å². The maximum Gasteiger partial charge on any atom is 0.243 e. The van der Waals surface area contributed by atoms with Crippen molar-refractivity contribution in [1.29, 1.82) is 0 Å². The van der Waals surface area contributed by atoms with E-state index in [1.807, 2.05) is 6.07 Å². The van der Waals surface area contributed by atoms with E-state index in [2.05, 4.69) is 0 Å². The van der Waals surface area contributed by atoms with Crippen LogP contribution in [0.1, 0.15) is 18.4 Å². The highest BCUT2D eigenvalue weighted by Crippen LogP contribution is 2.25. The molecule has 1 amide bonds. The summed E-state index contributed by atoms with van der Waals surface area (Å²) >= 11 is 0. The number of primary amides is 1. The Morgan fingerprint density at radius 2 is 1.84 bits per heavy atom. The van der Waals surface area contributed by atoms with Gasteiger partial charge in [0, 0.05) is 19.0 Å². The predicted octanol–water partition coefficient (Wildman–Crippen LogP) is 0.881. The lowest BCUT2D eigenvalue weighted by Crippen LogP contribution is -2.41. The van der Waals surface area contributed by atoms with Crippen molar-refractivity contribution in [2.75, 3.05) is 13.1 Å². The van der Waals surface area contributed by atoms with Gasteiger partial charge in [-0.1, -0.05) is 18.2 Å². The lowest BCUT2D eigenvalue weighted by atomic mass is 9.98. The smallest absolute Gasteiger partial charge is 0.243 e. The number of sulfonamides is 1. The van der Waals surface area contributed by atoms with E-state index in [0.29, 0.717) is 30.8 Å². The van der Waals surface area contributed by atoms with Crippen LogP contribution in [-0.4, -0.2) is 31.7 Å². The number of benzene rings is 1. The predicted molar refractivity (Wildman–Crippen MR) is 71.9 cm³/mol. The summed E-state index contributed by atoms with van der Waals surface area (Å²) in [7, 11) is -3.46. The van der Waals surface area contributed by atoms with Gasteiger partial charge in [0.25, 0.3) is 0 Å². The van der Waals surface area contributed by atoms with Crippen LogP contribution >= 0.6 is 0 Å². The van der Waals surface area contributed by atoms with Crippen LogP contribution in [0.3, 0.4) is 0 Å². The van der Waals surface area contributed by atoms with Gasteiger partial charge in [-0.25, -0.2) is 8.42 Å². The minimum Gasteiger partial charge on any atom is -0.369 e. The summed E-state index contributed by atoms with van der Waals surface area (Å²) in [6.45, 7) is 2.48. The molecule has 0 saturated carbocycles. The van der Waals surface area contributed by atoms with Gasteiger partial charge in [-0.05, 0) is 31.4 Å². The first-order valence-electron chi connectivity index (χ1n) is 6.28. The Labute approximate surface area is 113 Å². The zero-order chi connectivity index (χ0) is 14.0. The molecule has 2 N–H and O–H groups in total. The minimum absolute atomic E-state index is 0.205. The second kappa shape index (κ2) is 5.30. The largest absolute Gasteiger partial charge is 0.369 e. The number of aryl methyl sites for hydroxylation is 1. The maximum atomic E-state index is 12.5. The van der Waals surface area contributed by atoms with Crippen LogP contribution in [-0.2, 0) is 14.8 Å². The third-order valence-electron chi connectivity index (χ3n) is 3.57. The first-order chi connectivity index (χ1) is 8.93. The molecule has 1 heterocycles. The number of hydrogen-bond donors (Lipinski definition) is 1. The van der Waals surface area contributed by atoms with Gasteiger partial charge < -0.3 is 5.73 Å². The molecule has 0 radical (unpaired) electrons. The number of piperidine rings is 1. The number of amides is 1. The standard InChI is InChI=1S/C13H18N2O3S/c1-10-4-2-3-5-12(10)19(17,18)15-8-6-11(7-9-15)13(14)16/h2-5,11H,6-9H2,1H3,(H2,14,16). The molecule has 0 atom stereocenters. The molecule has 0 aromatic heterocycles. The van der Waals surface area contributed by atoms with Crippen molar-refractivity contribution in [2.24, 2.45) is 11.7 Å². The quantitative estimate of drug-likeness (QED) is 0.893. The summed E-state index contributed by atoms with van der Waals surface area (Å²) in [6.07, 6.45) is 1.00. The Bertz CT molecular complexity index is 575. The van der Waals surface area contributed by atoms with E-state index < -0.39 is 10.0 Å². The number of rotatable bonds is 3. The molecule has 0 unspecified atom stereocenters. The number of hydrogen-bond acceptors (Lipinski definition) is 3. The van der Waals surface area contributed by atoms with Gasteiger partial charge in [0.15, 0.2) is 0 Å². The third-order valence-corrected chi connectivity index (χ3v) is 5.63. The van der Waals surface area contributed by atoms with Crippen LogP contribution in [0.2, 0.25) is 0 Å². The molecule has 1 aromatic rings. The summed E-state index contributed by atoms with van der Waals surface area (Å²) in [5.41, 5.74) is 5.99. The SMILES string of the molecule is Cc1ccccc1S(=O)(=O)N1CCC(C(N)=O)CC1. The molecular formula is C13H18N2O3S. The molecule has 2 rings (SSSR count). The van der Waals surface area contributed by atoms with Gasteiger partial charge in [-0.15, -0.1) is 0 Å². The summed E-state index contributed by atoms with van der Waals surface area (Å²) in [5, 5.41) is 0. The first kappa shape index (κ1) is 14.0. The average Bonchev–Trinajstić information content (AvgIpc) is 2.39. The first-order valence-corrected chi connectivity index (χ1v) is 7.72. The zero-order valence-corrected chi connectivity index (χ0v) is 11.7. The van der Waals surface area contributed by atoms with Crippen molar-refractivity contribution in [3.8, 4) is 0 Å². The van der Waals surface area contributed by atoms with Crippen LogP contribution < -0.4 is 5.73 Å². The van der Waals surface area contributed by atoms with E-state index in [1.54, 1.807) is 25.1 Å². The Kier molecular flexibility index (Phi) is 3.91. The zero-order valence-electron chi connectivity index (χ0n) is 10.9. The molecule has 19 heavy (non-hydrogen) atoms. The molecule has 1 aromatic carbocycles. The highest BCUT2D eigenvalue weighted by molar-refractivity contribution is 7.89. The Hall–Kier alpha value is -1.40. The monoisotopic (exact) mass is 282 g/mol. The minimum atomic E-state index is -3.46. The molecule has 0 bridgehead atoms. The van der Waals surface area contributed by atoms with Crippen molar-refractivity contribution in [3.05, 3.63) is 29.8 Å². The molecule has 1 aliphatic heterocycles. The number of carbonyl (C=O) groups is 1. The van der Waals surface area contributed by atoms with Crippen LogP contribution in [0, 0.1) is 12.8 Å². The van der Waals surface area contributed by atoms with E-state index in [0.717, 1.165) is 5.56 Å². The van der Waals surface area contributed by atoms with E-state index in [9.17, 15) is 13.2 Å². The fourth-order valence-corrected chi connectivity index (χ4v) is 4.06. The van der Waals surface area contributed by atoms with Gasteiger partial charge in [0.05, 0.1) is 4.90 Å². The number of nitrogens with zero attached hydrogens (tertiary/aromatic N) is 1. The average molecular weight is 282 g/mol. The van der Waals surface area contributed by atoms with Crippen LogP contribution in [0.4, 0.5) is 0 Å². The molecular weight excluding hydrogens is 264 g/mol. The van der Waals surface area contributed by atoms with E-state index in [1.165, 1.54) is 4.31 Å². The fourth-order valence-electron chi connectivity index (χ4n) is 2.37. The summed E-state index contributed by atoms with van der Waals surface area (Å²) in [4.78, 5) is 11.4. The van der Waals surface area contributed by atoms with Gasteiger partial charge in [-0.2, -0.15) is 4.31 Å². The van der Waals surface area contributed by atoms with E-state index in [-0.39, 0.29) is 11.8 Å². The summed E-state index contributed by atoms with van der Waals surface area (Å²) < 4.78 is 26.4. The van der Waals surface area contributed by atoms with Crippen LogP contribution in [0.15, 0.2) is 29.2 Å². The molecule has 1 aliphatic rings. The van der Waals surface area contributed by atoms with Crippen molar-refractivity contribution >= 4 is 15.9 Å². The Morgan fingerprint density at radius 1 is 1.26 bits per heavy atom. The topological polar surface area (TPSA) is 80.5 Å². The van der Waals surface area contributed by atoms with Gasteiger partial charge >= 0.3 is 0 Å². The lowest BCUT2D eigenvalue weighted by Gasteiger charge is -2.30. The normalized spacial score (nSPS) is 18.4. The van der Waals surface area contributed by atoms with Crippen molar-refractivity contribution < 1.29 is 13.2 Å². The van der Waals surface area contributed by atoms with Crippen LogP contribution in [0.5, 0.6) is 0 Å². The summed E-state index contributed by atoms with van der Waals surface area (Å²) in [5.74, 6) is -0.545. The molecule has 5 nitrogen and oxygen atoms in total. The molecule has 1 saturated heterocycles.